The summed E-state index contributed by atoms with van der Waals surface area (Å²) >= 11 is 4.94. The smallest absolute Gasteiger partial charge is 0.253 e. The molecule has 0 N–H and O–H groups in total. The Balaban J connectivity index is 2.19. The number of halogens is 1. The van der Waals surface area contributed by atoms with Crippen LogP contribution in [0.25, 0.3) is 0 Å². The van der Waals surface area contributed by atoms with Gasteiger partial charge < -0.3 is 4.90 Å². The van der Waals surface area contributed by atoms with Crippen LogP contribution < -0.4 is 0 Å². The predicted octanol–water partition coefficient (Wildman–Crippen LogP) is 3.19. The summed E-state index contributed by atoms with van der Waals surface area (Å²) in [5.41, 5.74) is 1.40. The quantitative estimate of drug-likeness (QED) is 0.809. The standard InChI is InChI=1S/C14H14BrNO3S2/c1-16(8-10-6-13(15)20-9-10)14(17)11-4-3-5-12(7-11)21(2,18)19/h3-7,9H,8H2,1-2H3. The van der Waals surface area contributed by atoms with Crippen LogP contribution in [0.2, 0.25) is 0 Å². The van der Waals surface area contributed by atoms with Gasteiger partial charge >= 0.3 is 0 Å². The number of rotatable bonds is 4. The van der Waals surface area contributed by atoms with Gasteiger partial charge in [-0.05, 0) is 51.1 Å². The van der Waals surface area contributed by atoms with Crippen LogP contribution in [0.15, 0.2) is 44.4 Å². The maximum atomic E-state index is 12.4. The van der Waals surface area contributed by atoms with E-state index in [2.05, 4.69) is 15.9 Å². The molecule has 1 aromatic carbocycles. The Morgan fingerprint density at radius 2 is 2.05 bits per heavy atom. The summed E-state index contributed by atoms with van der Waals surface area (Å²) in [5, 5.41) is 1.97. The fraction of sp³-hybridized carbons (Fsp3) is 0.214. The third kappa shape index (κ3) is 4.15. The summed E-state index contributed by atoms with van der Waals surface area (Å²) in [5.74, 6) is -0.206. The zero-order valence-corrected chi connectivity index (χ0v) is 14.8. The molecule has 112 valence electrons. The van der Waals surface area contributed by atoms with Crippen LogP contribution in [-0.2, 0) is 16.4 Å². The molecule has 0 aliphatic heterocycles. The Labute approximate surface area is 136 Å². The number of nitrogens with zero attached hydrogens (tertiary/aromatic N) is 1. The lowest BCUT2D eigenvalue weighted by Gasteiger charge is -2.16. The highest BCUT2D eigenvalue weighted by Crippen LogP contribution is 2.22. The van der Waals surface area contributed by atoms with Gasteiger partial charge in [0.2, 0.25) is 0 Å². The molecule has 0 spiro atoms. The van der Waals surface area contributed by atoms with Gasteiger partial charge in [0.1, 0.15) is 0 Å². The summed E-state index contributed by atoms with van der Waals surface area (Å²) in [6, 6.07) is 8.07. The molecule has 0 aliphatic rings. The van der Waals surface area contributed by atoms with Crippen molar-refractivity contribution in [3.8, 4) is 0 Å². The molecule has 0 saturated heterocycles. The largest absolute Gasteiger partial charge is 0.337 e. The van der Waals surface area contributed by atoms with Crippen molar-refractivity contribution in [3.63, 3.8) is 0 Å². The van der Waals surface area contributed by atoms with Crippen LogP contribution in [0, 0.1) is 0 Å². The van der Waals surface area contributed by atoms with E-state index in [-0.39, 0.29) is 10.8 Å². The molecule has 0 atom stereocenters. The van der Waals surface area contributed by atoms with Crippen molar-refractivity contribution < 1.29 is 13.2 Å². The molecule has 1 heterocycles. The van der Waals surface area contributed by atoms with Crippen molar-refractivity contribution in [1.29, 1.82) is 0 Å². The normalized spacial score (nSPS) is 11.4. The Morgan fingerprint density at radius 3 is 2.62 bits per heavy atom. The monoisotopic (exact) mass is 387 g/mol. The highest BCUT2D eigenvalue weighted by molar-refractivity contribution is 9.11. The van der Waals surface area contributed by atoms with E-state index in [4.69, 9.17) is 0 Å². The number of sulfone groups is 1. The lowest BCUT2D eigenvalue weighted by molar-refractivity contribution is 0.0785. The number of thiophene rings is 1. The molecule has 2 aromatic rings. The molecule has 0 saturated carbocycles. The van der Waals surface area contributed by atoms with E-state index in [1.54, 1.807) is 35.4 Å². The average molecular weight is 388 g/mol. The first-order valence-electron chi connectivity index (χ1n) is 6.06. The fourth-order valence-corrected chi connectivity index (χ4v) is 3.72. The Bertz CT molecular complexity index is 768. The summed E-state index contributed by atoms with van der Waals surface area (Å²) in [4.78, 5) is 14.1. The Morgan fingerprint density at radius 1 is 1.33 bits per heavy atom. The van der Waals surface area contributed by atoms with Crippen molar-refractivity contribution in [3.05, 3.63) is 50.6 Å². The number of benzene rings is 1. The second kappa shape index (κ2) is 6.29. The predicted molar refractivity (Wildman–Crippen MR) is 87.4 cm³/mol. The maximum Gasteiger partial charge on any atom is 0.253 e. The summed E-state index contributed by atoms with van der Waals surface area (Å²) in [6.07, 6.45) is 1.13. The van der Waals surface area contributed by atoms with Gasteiger partial charge in [-0.15, -0.1) is 11.3 Å². The SMILES string of the molecule is CN(Cc1csc(Br)c1)C(=O)c1cccc(S(C)(=O)=O)c1. The number of amides is 1. The van der Waals surface area contributed by atoms with Gasteiger partial charge in [0.15, 0.2) is 9.84 Å². The van der Waals surface area contributed by atoms with Gasteiger partial charge in [-0.3, -0.25) is 4.79 Å². The van der Waals surface area contributed by atoms with Crippen LogP contribution in [0.1, 0.15) is 15.9 Å². The first-order valence-corrected chi connectivity index (χ1v) is 9.62. The van der Waals surface area contributed by atoms with E-state index >= 15 is 0 Å². The van der Waals surface area contributed by atoms with Crippen molar-refractivity contribution in [2.45, 2.75) is 11.4 Å². The van der Waals surface area contributed by atoms with Gasteiger partial charge in [-0.1, -0.05) is 6.07 Å². The molecule has 0 radical (unpaired) electrons. The molecule has 0 aliphatic carbocycles. The van der Waals surface area contributed by atoms with Crippen molar-refractivity contribution in [1.82, 2.24) is 4.90 Å². The topological polar surface area (TPSA) is 54.5 Å². The van der Waals surface area contributed by atoms with Crippen LogP contribution in [-0.4, -0.2) is 32.5 Å². The van der Waals surface area contributed by atoms with Crippen molar-refractivity contribution in [2.24, 2.45) is 0 Å². The molecule has 2 rings (SSSR count). The number of carbonyl (C=O) groups is 1. The van der Waals surface area contributed by atoms with E-state index in [0.717, 1.165) is 15.6 Å². The second-order valence-electron chi connectivity index (χ2n) is 4.72. The Kier molecular flexibility index (Phi) is 4.85. The first kappa shape index (κ1) is 16.2. The minimum atomic E-state index is -3.32. The minimum Gasteiger partial charge on any atom is -0.337 e. The lowest BCUT2D eigenvalue weighted by atomic mass is 10.2. The highest BCUT2D eigenvalue weighted by atomic mass is 79.9. The van der Waals surface area contributed by atoms with E-state index in [0.29, 0.717) is 12.1 Å². The zero-order chi connectivity index (χ0) is 15.6. The van der Waals surface area contributed by atoms with Crippen LogP contribution in [0.4, 0.5) is 0 Å². The molecule has 1 aromatic heterocycles. The van der Waals surface area contributed by atoms with E-state index < -0.39 is 9.84 Å². The molecular formula is C14H14BrNO3S2. The minimum absolute atomic E-state index is 0.153. The second-order valence-corrected chi connectivity index (χ2v) is 9.03. The van der Waals surface area contributed by atoms with Gasteiger partial charge in [0, 0.05) is 25.4 Å². The molecule has 21 heavy (non-hydrogen) atoms. The van der Waals surface area contributed by atoms with E-state index in [9.17, 15) is 13.2 Å². The molecule has 0 fully saturated rings. The van der Waals surface area contributed by atoms with Crippen LogP contribution >= 0.6 is 27.3 Å². The average Bonchev–Trinajstić information content (AvgIpc) is 2.82. The van der Waals surface area contributed by atoms with Crippen LogP contribution in [0.5, 0.6) is 0 Å². The Hall–Kier alpha value is -1.18. The molecule has 1 amide bonds. The van der Waals surface area contributed by atoms with Crippen molar-refractivity contribution in [2.75, 3.05) is 13.3 Å². The van der Waals surface area contributed by atoms with Gasteiger partial charge in [0.05, 0.1) is 8.68 Å². The summed E-state index contributed by atoms with van der Waals surface area (Å²) < 4.78 is 24.1. The van der Waals surface area contributed by atoms with Gasteiger partial charge in [-0.2, -0.15) is 0 Å². The molecule has 7 heteroatoms. The molecule has 0 bridgehead atoms. The number of hydrogen-bond donors (Lipinski definition) is 0. The molecule has 4 nitrogen and oxygen atoms in total. The lowest BCUT2D eigenvalue weighted by Crippen LogP contribution is -2.26. The fourth-order valence-electron chi connectivity index (χ4n) is 1.85. The molecular weight excluding hydrogens is 374 g/mol. The van der Waals surface area contributed by atoms with Gasteiger partial charge in [0.25, 0.3) is 5.91 Å². The third-order valence-corrected chi connectivity index (χ3v) is 5.56. The number of hydrogen-bond acceptors (Lipinski definition) is 4. The third-order valence-electron chi connectivity index (χ3n) is 2.90. The van der Waals surface area contributed by atoms with E-state index in [1.165, 1.54) is 12.1 Å². The summed E-state index contributed by atoms with van der Waals surface area (Å²) in [6.45, 7) is 0.476. The van der Waals surface area contributed by atoms with Crippen molar-refractivity contribution >= 4 is 43.0 Å². The van der Waals surface area contributed by atoms with Crippen LogP contribution in [0.3, 0.4) is 0 Å². The van der Waals surface area contributed by atoms with Gasteiger partial charge in [-0.25, -0.2) is 8.42 Å². The summed E-state index contributed by atoms with van der Waals surface area (Å²) in [7, 11) is -1.62. The maximum absolute atomic E-state index is 12.4. The number of carbonyl (C=O) groups excluding carboxylic acids is 1. The highest BCUT2D eigenvalue weighted by Gasteiger charge is 2.15. The zero-order valence-electron chi connectivity index (χ0n) is 11.5. The molecule has 0 unspecified atom stereocenters. The first-order chi connectivity index (χ1) is 9.77. The van der Waals surface area contributed by atoms with E-state index in [1.807, 2.05) is 11.4 Å².